The Morgan fingerprint density at radius 2 is 1.96 bits per heavy atom. The highest BCUT2D eigenvalue weighted by atomic mass is 127. The maximum absolute atomic E-state index is 12.0. The molecule has 1 unspecified atom stereocenters. The first kappa shape index (κ1) is 21.0. The zero-order valence-electron chi connectivity index (χ0n) is 14.5. The summed E-state index contributed by atoms with van der Waals surface area (Å²) in [5.74, 6) is 2.83. The van der Waals surface area contributed by atoms with Gasteiger partial charge in [-0.25, -0.2) is 0 Å². The second-order valence-corrected chi connectivity index (χ2v) is 8.53. The monoisotopic (exact) mass is 467 g/mol. The normalized spacial score (nSPS) is 14.8. The van der Waals surface area contributed by atoms with Crippen molar-refractivity contribution in [3.05, 3.63) is 23.8 Å². The number of benzene rings is 1. The molecule has 1 aromatic rings. The summed E-state index contributed by atoms with van der Waals surface area (Å²) in [5.41, 5.74) is 1.08. The van der Waals surface area contributed by atoms with Crippen LogP contribution in [-0.4, -0.2) is 41.1 Å². The van der Waals surface area contributed by atoms with Crippen molar-refractivity contribution in [2.45, 2.75) is 32.1 Å². The first-order valence-corrected chi connectivity index (χ1v) is 8.93. The Balaban J connectivity index is 0.00000288. The van der Waals surface area contributed by atoms with Gasteiger partial charge in [0.05, 0.1) is 0 Å². The van der Waals surface area contributed by atoms with Crippen LogP contribution < -0.4 is 20.1 Å². The van der Waals surface area contributed by atoms with Crippen LogP contribution in [0.1, 0.15) is 26.3 Å². The number of guanidine groups is 1. The van der Waals surface area contributed by atoms with E-state index in [4.69, 9.17) is 9.47 Å². The number of hydrogen-bond donors (Lipinski definition) is 2. The summed E-state index contributed by atoms with van der Waals surface area (Å²) in [6, 6.07) is 5.85. The highest BCUT2D eigenvalue weighted by molar-refractivity contribution is 14.0. The molecule has 1 aliphatic rings. The van der Waals surface area contributed by atoms with Crippen molar-refractivity contribution in [1.29, 1.82) is 0 Å². The van der Waals surface area contributed by atoms with E-state index in [-0.39, 0.29) is 35.5 Å². The van der Waals surface area contributed by atoms with E-state index in [2.05, 4.69) is 15.6 Å². The fourth-order valence-electron chi connectivity index (χ4n) is 2.03. The predicted molar refractivity (Wildman–Crippen MR) is 109 cm³/mol. The molecule has 0 spiro atoms. The largest absolute Gasteiger partial charge is 0.454 e. The van der Waals surface area contributed by atoms with Crippen molar-refractivity contribution in [2.24, 2.45) is 4.99 Å². The van der Waals surface area contributed by atoms with Crippen LogP contribution in [0.5, 0.6) is 11.5 Å². The Bertz CT molecular complexity index is 603. The molecule has 24 heavy (non-hydrogen) atoms. The SMILES string of the molecule is CN=C(NCCS(=O)C(C)(C)C)NCc1ccc2c(c1)OCO2.I. The quantitative estimate of drug-likeness (QED) is 0.395. The van der Waals surface area contributed by atoms with Crippen molar-refractivity contribution in [3.63, 3.8) is 0 Å². The Morgan fingerprint density at radius 1 is 1.25 bits per heavy atom. The highest BCUT2D eigenvalue weighted by Crippen LogP contribution is 2.32. The molecule has 1 aromatic carbocycles. The Hall–Kier alpha value is -1.03. The average Bonchev–Trinajstić information content (AvgIpc) is 2.97. The zero-order valence-corrected chi connectivity index (χ0v) is 17.7. The average molecular weight is 467 g/mol. The molecule has 136 valence electrons. The number of nitrogens with one attached hydrogen (secondary N) is 2. The van der Waals surface area contributed by atoms with Gasteiger partial charge >= 0.3 is 0 Å². The van der Waals surface area contributed by atoms with E-state index in [1.54, 1.807) is 7.05 Å². The molecule has 0 amide bonds. The number of hydrogen-bond acceptors (Lipinski definition) is 4. The lowest BCUT2D eigenvalue weighted by Crippen LogP contribution is -2.40. The molecule has 0 saturated carbocycles. The Labute approximate surface area is 163 Å². The fourth-order valence-corrected chi connectivity index (χ4v) is 2.93. The predicted octanol–water partition coefficient (Wildman–Crippen LogP) is 2.25. The summed E-state index contributed by atoms with van der Waals surface area (Å²) >= 11 is 0. The summed E-state index contributed by atoms with van der Waals surface area (Å²) in [7, 11) is 0.847. The molecule has 1 aliphatic heterocycles. The van der Waals surface area contributed by atoms with Gasteiger partial charge in [0.25, 0.3) is 0 Å². The van der Waals surface area contributed by atoms with Gasteiger partial charge in [0.15, 0.2) is 17.5 Å². The Morgan fingerprint density at radius 3 is 2.62 bits per heavy atom. The van der Waals surface area contributed by atoms with Crippen molar-refractivity contribution in [2.75, 3.05) is 26.1 Å². The molecule has 2 N–H and O–H groups in total. The molecule has 1 heterocycles. The van der Waals surface area contributed by atoms with Crippen LogP contribution in [0, 0.1) is 0 Å². The molecule has 1 atom stereocenters. The van der Waals surface area contributed by atoms with E-state index in [1.807, 2.05) is 39.0 Å². The van der Waals surface area contributed by atoms with Crippen molar-refractivity contribution in [3.8, 4) is 11.5 Å². The second kappa shape index (κ2) is 9.45. The van der Waals surface area contributed by atoms with E-state index in [1.165, 1.54) is 0 Å². The molecular formula is C16H26IN3O3S. The molecule has 8 heteroatoms. The lowest BCUT2D eigenvalue weighted by molar-refractivity contribution is 0.174. The summed E-state index contributed by atoms with van der Waals surface area (Å²) in [5, 5.41) is 6.42. The molecule has 6 nitrogen and oxygen atoms in total. The Kier molecular flexibility index (Phi) is 8.28. The molecule has 0 aliphatic carbocycles. The first-order valence-electron chi connectivity index (χ1n) is 7.61. The number of aliphatic imine (C=N–C) groups is 1. The van der Waals surface area contributed by atoms with Gasteiger partial charge < -0.3 is 20.1 Å². The van der Waals surface area contributed by atoms with Crippen LogP contribution in [0.15, 0.2) is 23.2 Å². The lowest BCUT2D eigenvalue weighted by Gasteiger charge is -2.18. The van der Waals surface area contributed by atoms with Crippen molar-refractivity contribution in [1.82, 2.24) is 10.6 Å². The van der Waals surface area contributed by atoms with Crippen LogP contribution >= 0.6 is 24.0 Å². The minimum Gasteiger partial charge on any atom is -0.454 e. The third-order valence-corrected chi connectivity index (χ3v) is 5.32. The molecule has 0 radical (unpaired) electrons. The molecule has 0 bridgehead atoms. The first-order chi connectivity index (χ1) is 10.9. The number of rotatable bonds is 5. The van der Waals surface area contributed by atoms with Crippen LogP contribution in [-0.2, 0) is 17.3 Å². The molecule has 0 fully saturated rings. The highest BCUT2D eigenvalue weighted by Gasteiger charge is 2.18. The number of halogens is 1. The fraction of sp³-hybridized carbons (Fsp3) is 0.562. The van der Waals surface area contributed by atoms with Gasteiger partial charge in [-0.05, 0) is 38.5 Å². The van der Waals surface area contributed by atoms with E-state index < -0.39 is 10.8 Å². The van der Waals surface area contributed by atoms with E-state index in [9.17, 15) is 4.21 Å². The molecule has 0 saturated heterocycles. The zero-order chi connectivity index (χ0) is 16.9. The van der Waals surface area contributed by atoms with Gasteiger partial charge in [0.2, 0.25) is 6.79 Å². The summed E-state index contributed by atoms with van der Waals surface area (Å²) in [6.45, 7) is 7.46. The van der Waals surface area contributed by atoms with Crippen LogP contribution in [0.25, 0.3) is 0 Å². The van der Waals surface area contributed by atoms with Gasteiger partial charge in [-0.3, -0.25) is 9.20 Å². The summed E-state index contributed by atoms with van der Waals surface area (Å²) in [6.07, 6.45) is 0. The van der Waals surface area contributed by atoms with Gasteiger partial charge in [-0.2, -0.15) is 0 Å². The van der Waals surface area contributed by atoms with Crippen LogP contribution in [0.2, 0.25) is 0 Å². The minimum absolute atomic E-state index is 0. The second-order valence-electron chi connectivity index (χ2n) is 6.20. The number of fused-ring (bicyclic) bond motifs is 1. The van der Waals surface area contributed by atoms with E-state index in [0.29, 0.717) is 24.8 Å². The smallest absolute Gasteiger partial charge is 0.231 e. The van der Waals surface area contributed by atoms with Crippen LogP contribution in [0.4, 0.5) is 0 Å². The van der Waals surface area contributed by atoms with Crippen molar-refractivity contribution < 1.29 is 13.7 Å². The summed E-state index contributed by atoms with van der Waals surface area (Å²) < 4.78 is 22.5. The minimum atomic E-state index is -0.871. The molecule has 2 rings (SSSR count). The maximum Gasteiger partial charge on any atom is 0.231 e. The molecule has 0 aromatic heterocycles. The topological polar surface area (TPSA) is 72.0 Å². The van der Waals surface area contributed by atoms with Gasteiger partial charge in [0.1, 0.15) is 0 Å². The molecular weight excluding hydrogens is 441 g/mol. The van der Waals surface area contributed by atoms with E-state index >= 15 is 0 Å². The maximum atomic E-state index is 12.0. The van der Waals surface area contributed by atoms with Crippen LogP contribution in [0.3, 0.4) is 0 Å². The third-order valence-electron chi connectivity index (χ3n) is 3.38. The van der Waals surface area contributed by atoms with Gasteiger partial charge in [0, 0.05) is 41.4 Å². The van der Waals surface area contributed by atoms with Gasteiger partial charge in [-0.1, -0.05) is 6.07 Å². The summed E-state index contributed by atoms with van der Waals surface area (Å²) in [4.78, 5) is 4.17. The van der Waals surface area contributed by atoms with Gasteiger partial charge in [-0.15, -0.1) is 24.0 Å². The van der Waals surface area contributed by atoms with Crippen molar-refractivity contribution >= 4 is 40.7 Å². The third kappa shape index (κ3) is 6.12. The van der Waals surface area contributed by atoms with E-state index in [0.717, 1.165) is 17.1 Å². The number of nitrogens with zero attached hydrogens (tertiary/aromatic N) is 1. The number of ether oxygens (including phenoxy) is 2. The lowest BCUT2D eigenvalue weighted by atomic mass is 10.2. The standard InChI is InChI=1S/C16H25N3O3S.HI/c1-16(2,3)23(20)8-7-18-15(17-4)19-10-12-5-6-13-14(9-12)22-11-21-13;/h5-6,9H,7-8,10-11H2,1-4H3,(H2,17,18,19);1H.